The molecule has 0 aliphatic heterocycles. The second-order valence-electron chi connectivity index (χ2n) is 10.3. The molecule has 1 saturated carbocycles. The lowest BCUT2D eigenvalue weighted by molar-refractivity contribution is -0.380. The number of pyridine rings is 1. The Bertz CT molecular complexity index is 1400. The molecular weight excluding hydrogens is 623 g/mol. The fraction of sp³-hybridized carbons (Fsp3) is 0.483. The van der Waals surface area contributed by atoms with Crippen molar-refractivity contribution in [1.82, 2.24) is 4.98 Å². The first-order valence-corrected chi connectivity index (χ1v) is 17.3. The molecule has 1 aliphatic carbocycles. The lowest BCUT2D eigenvalue weighted by atomic mass is 9.91. The molecule has 4 atom stereocenters. The number of aliphatic hydroxyl groups is 1. The van der Waals surface area contributed by atoms with Crippen LogP contribution < -0.4 is 8.92 Å². The summed E-state index contributed by atoms with van der Waals surface area (Å²) in [5.74, 6) is 1.75. The van der Waals surface area contributed by atoms with Crippen LogP contribution in [0.5, 0.6) is 11.6 Å². The molecule has 1 aromatic carbocycles. The van der Waals surface area contributed by atoms with Crippen molar-refractivity contribution in [3.05, 3.63) is 80.8 Å². The Labute approximate surface area is 260 Å². The van der Waals surface area contributed by atoms with Gasteiger partial charge in [-0.25, -0.2) is 4.98 Å². The van der Waals surface area contributed by atoms with Crippen molar-refractivity contribution in [3.8, 4) is 11.6 Å². The summed E-state index contributed by atoms with van der Waals surface area (Å²) in [6.45, 7) is 0. The average molecular weight is 658 g/mol. The van der Waals surface area contributed by atoms with E-state index in [1.54, 1.807) is 24.3 Å². The molecule has 0 radical (unpaired) electrons. The first-order valence-electron chi connectivity index (χ1n) is 13.9. The van der Waals surface area contributed by atoms with E-state index in [1.807, 2.05) is 12.1 Å². The van der Waals surface area contributed by atoms with E-state index in [2.05, 4.69) is 4.98 Å². The van der Waals surface area contributed by atoms with E-state index >= 15 is 0 Å². The van der Waals surface area contributed by atoms with Crippen LogP contribution in [0.1, 0.15) is 72.8 Å². The number of alkyl halides is 2. The quantitative estimate of drug-likeness (QED) is 0.0565. The first-order chi connectivity index (χ1) is 20.2. The summed E-state index contributed by atoms with van der Waals surface area (Å²) in [6, 6.07) is 11.6. The molecule has 0 spiro atoms. The Morgan fingerprint density at radius 3 is 2.48 bits per heavy atom. The van der Waals surface area contributed by atoms with Gasteiger partial charge in [0.05, 0.1) is 16.6 Å². The SMILES string of the molecule is O=[N+]([O-])c1sccc1C(Cc1ccc(O[C@H]2CCC[C@H]2O)nc1)S(=O)(=O)Oc1ccc(C(CCCl)CCCCCl)cc1. The molecule has 2 unspecified atom stereocenters. The monoisotopic (exact) mass is 656 g/mol. The van der Waals surface area contributed by atoms with E-state index in [0.29, 0.717) is 29.6 Å². The van der Waals surface area contributed by atoms with Gasteiger partial charge in [0.25, 0.3) is 0 Å². The van der Waals surface area contributed by atoms with Gasteiger partial charge in [-0.05, 0) is 85.6 Å². The number of nitrogens with zero attached hydrogens (tertiary/aromatic N) is 2. The van der Waals surface area contributed by atoms with Crippen LogP contribution in [0.4, 0.5) is 5.00 Å². The van der Waals surface area contributed by atoms with Gasteiger partial charge in [0.15, 0.2) is 0 Å². The van der Waals surface area contributed by atoms with E-state index in [-0.39, 0.29) is 34.8 Å². The third kappa shape index (κ3) is 8.57. The minimum absolute atomic E-state index is 0.0532. The molecule has 228 valence electrons. The fourth-order valence-electron chi connectivity index (χ4n) is 5.17. The molecule has 3 aromatic rings. The summed E-state index contributed by atoms with van der Waals surface area (Å²) in [4.78, 5) is 15.4. The summed E-state index contributed by atoms with van der Waals surface area (Å²) < 4.78 is 38.7. The lowest BCUT2D eigenvalue weighted by Gasteiger charge is -2.19. The number of nitro groups is 1. The maximum absolute atomic E-state index is 13.7. The van der Waals surface area contributed by atoms with Crippen molar-refractivity contribution in [1.29, 1.82) is 0 Å². The van der Waals surface area contributed by atoms with E-state index in [1.165, 1.54) is 17.6 Å². The minimum atomic E-state index is -4.38. The third-order valence-corrected chi connectivity index (χ3v) is 10.3. The molecule has 4 rings (SSSR count). The largest absolute Gasteiger partial charge is 0.472 e. The summed E-state index contributed by atoms with van der Waals surface area (Å²) >= 11 is 12.7. The first kappa shape index (κ1) is 32.5. The molecule has 42 heavy (non-hydrogen) atoms. The second-order valence-corrected chi connectivity index (χ2v) is 13.7. The number of benzene rings is 1. The predicted octanol–water partition coefficient (Wildman–Crippen LogP) is 7.16. The highest BCUT2D eigenvalue weighted by Gasteiger charge is 2.36. The van der Waals surface area contributed by atoms with Crippen LogP contribution in [0.3, 0.4) is 0 Å². The number of thiophene rings is 1. The van der Waals surface area contributed by atoms with Gasteiger partial charge in [0.2, 0.25) is 5.88 Å². The summed E-state index contributed by atoms with van der Waals surface area (Å²) in [5, 5.41) is 21.6. The van der Waals surface area contributed by atoms with Crippen LogP contribution in [-0.2, 0) is 16.5 Å². The molecule has 1 N–H and O–H groups in total. The summed E-state index contributed by atoms with van der Waals surface area (Å²) in [7, 11) is -4.38. The van der Waals surface area contributed by atoms with Crippen molar-refractivity contribution in [2.24, 2.45) is 0 Å². The number of rotatable bonds is 16. The maximum atomic E-state index is 13.7. The van der Waals surface area contributed by atoms with Gasteiger partial charge in [-0.15, -0.1) is 23.2 Å². The average Bonchev–Trinajstić information content (AvgIpc) is 3.61. The van der Waals surface area contributed by atoms with E-state index in [4.69, 9.17) is 32.1 Å². The molecule has 0 saturated heterocycles. The van der Waals surface area contributed by atoms with Crippen molar-refractivity contribution in [2.75, 3.05) is 11.8 Å². The van der Waals surface area contributed by atoms with Crippen LogP contribution in [0.2, 0.25) is 0 Å². The van der Waals surface area contributed by atoms with Crippen LogP contribution in [0.15, 0.2) is 54.0 Å². The molecule has 13 heteroatoms. The smallest absolute Gasteiger partial charge is 0.328 e. The highest BCUT2D eigenvalue weighted by atomic mass is 35.5. The molecule has 0 amide bonds. The van der Waals surface area contributed by atoms with Crippen LogP contribution in [0, 0.1) is 10.1 Å². The van der Waals surface area contributed by atoms with Gasteiger partial charge in [0.1, 0.15) is 17.1 Å². The number of halogens is 2. The minimum Gasteiger partial charge on any atom is -0.472 e. The van der Waals surface area contributed by atoms with Crippen molar-refractivity contribution < 1.29 is 27.4 Å². The molecule has 1 aliphatic rings. The fourth-order valence-corrected chi connectivity index (χ4v) is 7.87. The number of ether oxygens (including phenoxy) is 1. The van der Waals surface area contributed by atoms with E-state index in [9.17, 15) is 23.6 Å². The molecular formula is C29H34Cl2N2O7S2. The third-order valence-electron chi connectivity index (χ3n) is 7.40. The summed E-state index contributed by atoms with van der Waals surface area (Å²) in [5.41, 5.74) is 1.61. The normalized spacial score (nSPS) is 18.5. The van der Waals surface area contributed by atoms with Gasteiger partial charge in [-0.1, -0.05) is 36.0 Å². The summed E-state index contributed by atoms with van der Waals surface area (Å²) in [6.07, 6.45) is 6.34. The zero-order chi connectivity index (χ0) is 30.1. The number of hydrogen-bond acceptors (Lipinski definition) is 9. The van der Waals surface area contributed by atoms with Gasteiger partial charge in [-0.3, -0.25) is 10.1 Å². The molecule has 2 heterocycles. The molecule has 9 nitrogen and oxygen atoms in total. The van der Waals surface area contributed by atoms with Crippen LogP contribution in [0.25, 0.3) is 0 Å². The lowest BCUT2D eigenvalue weighted by Crippen LogP contribution is -2.26. The van der Waals surface area contributed by atoms with E-state index in [0.717, 1.165) is 55.4 Å². The zero-order valence-corrected chi connectivity index (χ0v) is 26.1. The molecule has 0 bridgehead atoms. The Hall–Kier alpha value is -2.44. The van der Waals surface area contributed by atoms with Crippen LogP contribution in [-0.4, -0.2) is 47.4 Å². The topological polar surface area (TPSA) is 129 Å². The standard InChI is InChI=1S/C29H34Cl2N2O7S2/c30-15-2-1-4-21(13-16-31)22-8-10-23(11-9-22)40-42(37,38)27(24-14-17-41-29(24)33(35)36)18-20-7-12-28(32-19-20)39-26-6-3-5-25(26)34/h7-12,14,17,19,21,25-27,34H,1-6,13,15-16,18H2/t21?,25-,26+,27?/m1/s1. The molecule has 1 fully saturated rings. The highest BCUT2D eigenvalue weighted by Crippen LogP contribution is 2.39. The van der Waals surface area contributed by atoms with Gasteiger partial charge in [-0.2, -0.15) is 8.42 Å². The Morgan fingerprint density at radius 1 is 1.07 bits per heavy atom. The predicted molar refractivity (Wildman–Crippen MR) is 165 cm³/mol. The highest BCUT2D eigenvalue weighted by molar-refractivity contribution is 7.87. The van der Waals surface area contributed by atoms with Gasteiger partial charge in [0, 0.05) is 24.0 Å². The van der Waals surface area contributed by atoms with Crippen molar-refractivity contribution in [3.63, 3.8) is 0 Å². The number of hydrogen-bond donors (Lipinski definition) is 1. The Balaban J connectivity index is 1.54. The second kappa shape index (κ2) is 15.3. The Morgan fingerprint density at radius 2 is 1.86 bits per heavy atom. The van der Waals surface area contributed by atoms with Crippen molar-refractivity contribution >= 4 is 49.7 Å². The Kier molecular flexibility index (Phi) is 11.9. The van der Waals surface area contributed by atoms with E-state index < -0.39 is 26.4 Å². The number of unbranched alkanes of at least 4 members (excludes halogenated alkanes) is 1. The molecule has 2 aromatic heterocycles. The maximum Gasteiger partial charge on any atom is 0.328 e. The number of aromatic nitrogens is 1. The zero-order valence-electron chi connectivity index (χ0n) is 22.9. The van der Waals surface area contributed by atoms with Crippen molar-refractivity contribution in [2.45, 2.75) is 74.7 Å². The number of aliphatic hydroxyl groups excluding tert-OH is 1. The van der Waals surface area contributed by atoms with Gasteiger partial charge >= 0.3 is 15.1 Å². The van der Waals surface area contributed by atoms with Crippen LogP contribution >= 0.6 is 34.5 Å². The van der Waals surface area contributed by atoms with Gasteiger partial charge < -0.3 is 14.0 Å².